The summed E-state index contributed by atoms with van der Waals surface area (Å²) in [5.41, 5.74) is -0.566. The number of aliphatic hydroxyl groups excluding tert-OH is 2. The summed E-state index contributed by atoms with van der Waals surface area (Å²) in [6.45, 7) is 8.82. The summed E-state index contributed by atoms with van der Waals surface area (Å²) in [4.78, 5) is 0. The Morgan fingerprint density at radius 2 is 1.87 bits per heavy atom. The fraction of sp³-hybridized carbons (Fsp3) is 0.900. The summed E-state index contributed by atoms with van der Waals surface area (Å²) in [5.74, 6) is 0.722. The molecule has 0 amide bonds. The second kappa shape index (κ2) is 4.62. The van der Waals surface area contributed by atoms with Crippen LogP contribution in [-0.2, 0) is 0 Å². The van der Waals surface area contributed by atoms with E-state index < -0.39 is 17.1 Å². The highest BCUT2D eigenvalue weighted by Crippen LogP contribution is 2.73. The third kappa shape index (κ3) is 1.62. The van der Waals surface area contributed by atoms with Crippen molar-refractivity contribution in [3.05, 3.63) is 12.2 Å². The van der Waals surface area contributed by atoms with Crippen LogP contribution in [0.2, 0.25) is 0 Å². The van der Waals surface area contributed by atoms with Gasteiger partial charge in [0.25, 0.3) is 0 Å². The van der Waals surface area contributed by atoms with Crippen molar-refractivity contribution in [2.24, 2.45) is 28.1 Å². The minimum atomic E-state index is -0.824. The third-order valence-electron chi connectivity index (χ3n) is 8.93. The normalized spacial score (nSPS) is 58.7. The molecule has 4 aliphatic rings. The lowest BCUT2D eigenvalue weighted by atomic mass is 9.38. The maximum Gasteiger partial charge on any atom is 0.0834 e. The Balaban J connectivity index is 1.83. The van der Waals surface area contributed by atoms with Crippen LogP contribution in [0.5, 0.6) is 0 Å². The quantitative estimate of drug-likeness (QED) is 0.651. The minimum absolute atomic E-state index is 0.0955. The van der Waals surface area contributed by atoms with E-state index in [1.54, 1.807) is 0 Å². The van der Waals surface area contributed by atoms with E-state index in [-0.39, 0.29) is 17.4 Å². The smallest absolute Gasteiger partial charge is 0.0834 e. The largest absolute Gasteiger partial charge is 0.396 e. The van der Waals surface area contributed by atoms with Gasteiger partial charge in [-0.15, -0.1) is 0 Å². The Morgan fingerprint density at radius 3 is 2.57 bits per heavy atom. The molecule has 1 spiro atoms. The van der Waals surface area contributed by atoms with Crippen LogP contribution in [0.1, 0.15) is 65.2 Å². The molecule has 2 bridgehead atoms. The van der Waals surface area contributed by atoms with E-state index in [2.05, 4.69) is 20.4 Å². The molecule has 7 atom stereocenters. The second-order valence-corrected chi connectivity index (χ2v) is 9.61. The van der Waals surface area contributed by atoms with Crippen molar-refractivity contribution in [2.45, 2.75) is 76.9 Å². The first-order chi connectivity index (χ1) is 10.7. The number of rotatable bonds is 1. The van der Waals surface area contributed by atoms with Gasteiger partial charge in [0.1, 0.15) is 0 Å². The Hall–Kier alpha value is -0.380. The molecule has 4 saturated carbocycles. The molecule has 0 aromatic carbocycles. The number of hydrogen-bond acceptors (Lipinski definition) is 3. The lowest BCUT2D eigenvalue weighted by Crippen LogP contribution is -2.70. The van der Waals surface area contributed by atoms with Gasteiger partial charge in [-0.2, -0.15) is 0 Å². The summed E-state index contributed by atoms with van der Waals surface area (Å²) >= 11 is 0. The van der Waals surface area contributed by atoms with Gasteiger partial charge in [0.2, 0.25) is 0 Å². The molecule has 4 fully saturated rings. The molecular formula is C20H32O3. The first kappa shape index (κ1) is 16.1. The van der Waals surface area contributed by atoms with E-state index in [0.29, 0.717) is 11.8 Å². The van der Waals surface area contributed by atoms with Crippen molar-refractivity contribution >= 4 is 0 Å². The molecule has 4 rings (SSSR count). The van der Waals surface area contributed by atoms with Crippen LogP contribution >= 0.6 is 0 Å². The first-order valence-corrected chi connectivity index (χ1v) is 9.44. The molecular weight excluding hydrogens is 288 g/mol. The van der Waals surface area contributed by atoms with Crippen LogP contribution in [0.15, 0.2) is 12.2 Å². The molecule has 23 heavy (non-hydrogen) atoms. The predicted octanol–water partition coefficient (Wildman–Crippen LogP) is 3.03. The summed E-state index contributed by atoms with van der Waals surface area (Å²) in [6.07, 6.45) is 7.07. The number of hydrogen-bond donors (Lipinski definition) is 3. The average molecular weight is 320 g/mol. The molecule has 3 nitrogen and oxygen atoms in total. The molecule has 4 aliphatic carbocycles. The predicted molar refractivity (Wildman–Crippen MR) is 89.7 cm³/mol. The SMILES string of the molecule is C=C1[C@@H]2CC[C@]3(O)[C@@](CC[C@@H]4[C@](C)(CO)CCC[C@]43C)(C2)[C@H]1O. The summed E-state index contributed by atoms with van der Waals surface area (Å²) in [5, 5.41) is 33.1. The fourth-order valence-corrected chi connectivity index (χ4v) is 7.61. The van der Waals surface area contributed by atoms with E-state index >= 15 is 0 Å². The zero-order chi connectivity index (χ0) is 16.7. The van der Waals surface area contributed by atoms with Gasteiger partial charge in [-0.25, -0.2) is 0 Å². The van der Waals surface area contributed by atoms with Gasteiger partial charge < -0.3 is 15.3 Å². The zero-order valence-corrected chi connectivity index (χ0v) is 14.6. The lowest BCUT2D eigenvalue weighted by Gasteiger charge is -2.68. The third-order valence-corrected chi connectivity index (χ3v) is 8.93. The number of aliphatic hydroxyl groups is 3. The molecule has 0 unspecified atom stereocenters. The Kier molecular flexibility index (Phi) is 3.23. The fourth-order valence-electron chi connectivity index (χ4n) is 7.61. The number of fused-ring (bicyclic) bond motifs is 3. The van der Waals surface area contributed by atoms with E-state index in [0.717, 1.165) is 56.9 Å². The van der Waals surface area contributed by atoms with Crippen LogP contribution in [0.3, 0.4) is 0 Å². The van der Waals surface area contributed by atoms with Gasteiger partial charge in [-0.3, -0.25) is 0 Å². The van der Waals surface area contributed by atoms with Crippen molar-refractivity contribution in [3.63, 3.8) is 0 Å². The van der Waals surface area contributed by atoms with Crippen molar-refractivity contribution < 1.29 is 15.3 Å². The maximum atomic E-state index is 12.1. The molecule has 0 radical (unpaired) electrons. The summed E-state index contributed by atoms with van der Waals surface area (Å²) in [6, 6.07) is 0. The van der Waals surface area contributed by atoms with Gasteiger partial charge in [-0.1, -0.05) is 26.8 Å². The molecule has 3 heteroatoms. The Labute approximate surface area is 139 Å². The Morgan fingerprint density at radius 1 is 1.13 bits per heavy atom. The molecule has 3 N–H and O–H groups in total. The molecule has 0 aromatic heterocycles. The van der Waals surface area contributed by atoms with E-state index in [1.807, 2.05) is 0 Å². The van der Waals surface area contributed by atoms with Gasteiger partial charge in [0, 0.05) is 17.4 Å². The van der Waals surface area contributed by atoms with E-state index in [9.17, 15) is 15.3 Å². The average Bonchev–Trinajstić information content (AvgIpc) is 2.73. The molecule has 0 heterocycles. The van der Waals surface area contributed by atoms with Crippen LogP contribution in [0.4, 0.5) is 0 Å². The van der Waals surface area contributed by atoms with Crippen LogP contribution in [-0.4, -0.2) is 33.6 Å². The lowest BCUT2D eigenvalue weighted by molar-refractivity contribution is -0.280. The topological polar surface area (TPSA) is 60.7 Å². The highest BCUT2D eigenvalue weighted by molar-refractivity contribution is 5.32. The van der Waals surface area contributed by atoms with Crippen LogP contribution < -0.4 is 0 Å². The van der Waals surface area contributed by atoms with Crippen molar-refractivity contribution in [1.29, 1.82) is 0 Å². The van der Waals surface area contributed by atoms with Crippen molar-refractivity contribution in [3.8, 4) is 0 Å². The molecule has 0 aliphatic heterocycles. The Bertz CT molecular complexity index is 545. The van der Waals surface area contributed by atoms with Crippen molar-refractivity contribution in [1.82, 2.24) is 0 Å². The maximum absolute atomic E-state index is 12.1. The molecule has 130 valence electrons. The monoisotopic (exact) mass is 320 g/mol. The standard InChI is InChI=1S/C20H32O3/c1-13-14-5-10-20(23)18(3)8-4-7-17(2,12-21)15(18)6-9-19(20,11-14)16(13)22/h14-16,21-23H,1,4-12H2,2-3H3/t14-,15-,16+,17+,18-,19+,20-/m1/s1. The molecule has 0 saturated heterocycles. The van der Waals surface area contributed by atoms with Gasteiger partial charge >= 0.3 is 0 Å². The van der Waals surface area contributed by atoms with Gasteiger partial charge in [0.15, 0.2) is 0 Å². The van der Waals surface area contributed by atoms with Crippen LogP contribution in [0, 0.1) is 28.1 Å². The van der Waals surface area contributed by atoms with Gasteiger partial charge in [0.05, 0.1) is 11.7 Å². The highest BCUT2D eigenvalue weighted by atomic mass is 16.3. The second-order valence-electron chi connectivity index (χ2n) is 9.61. The first-order valence-electron chi connectivity index (χ1n) is 9.44. The summed E-state index contributed by atoms with van der Waals surface area (Å²) in [7, 11) is 0. The van der Waals surface area contributed by atoms with E-state index in [1.165, 1.54) is 0 Å². The summed E-state index contributed by atoms with van der Waals surface area (Å²) < 4.78 is 0. The van der Waals surface area contributed by atoms with Crippen LogP contribution in [0.25, 0.3) is 0 Å². The van der Waals surface area contributed by atoms with E-state index in [4.69, 9.17) is 0 Å². The van der Waals surface area contributed by atoms with Crippen molar-refractivity contribution in [2.75, 3.05) is 6.61 Å². The van der Waals surface area contributed by atoms with Gasteiger partial charge in [-0.05, 0) is 67.8 Å². The highest BCUT2D eigenvalue weighted by Gasteiger charge is 2.73. The molecule has 0 aromatic rings. The minimum Gasteiger partial charge on any atom is -0.396 e. The zero-order valence-electron chi connectivity index (χ0n) is 14.6.